The lowest BCUT2D eigenvalue weighted by molar-refractivity contribution is -0.137. The summed E-state index contributed by atoms with van der Waals surface area (Å²) in [5, 5.41) is 5.18. The van der Waals surface area contributed by atoms with E-state index in [0.717, 1.165) is 17.7 Å². The highest BCUT2D eigenvalue weighted by molar-refractivity contribution is 6.06. The largest absolute Gasteiger partial charge is 0.416 e. The van der Waals surface area contributed by atoms with Crippen LogP contribution in [-0.2, 0) is 17.5 Å². The molecule has 0 aliphatic heterocycles. The Balaban J connectivity index is 2.22. The van der Waals surface area contributed by atoms with Gasteiger partial charge >= 0.3 is 6.18 Å². The molecule has 0 saturated heterocycles. The van der Waals surface area contributed by atoms with E-state index >= 15 is 0 Å². The van der Waals surface area contributed by atoms with Gasteiger partial charge in [0.1, 0.15) is 0 Å². The van der Waals surface area contributed by atoms with E-state index in [9.17, 15) is 22.8 Å². The molecular formula is C19H20F3N3O2. The Morgan fingerprint density at radius 1 is 1.04 bits per heavy atom. The van der Waals surface area contributed by atoms with Gasteiger partial charge in [0.2, 0.25) is 5.91 Å². The maximum Gasteiger partial charge on any atom is 0.416 e. The van der Waals surface area contributed by atoms with Crippen molar-refractivity contribution in [2.75, 3.05) is 24.3 Å². The van der Waals surface area contributed by atoms with E-state index in [-0.39, 0.29) is 11.6 Å². The van der Waals surface area contributed by atoms with Crippen molar-refractivity contribution in [2.24, 2.45) is 0 Å². The van der Waals surface area contributed by atoms with Gasteiger partial charge < -0.3 is 15.5 Å². The van der Waals surface area contributed by atoms with Gasteiger partial charge in [0.25, 0.3) is 5.91 Å². The van der Waals surface area contributed by atoms with Crippen molar-refractivity contribution in [3.63, 3.8) is 0 Å². The first-order chi connectivity index (χ1) is 12.6. The van der Waals surface area contributed by atoms with Crippen LogP contribution in [0.25, 0.3) is 0 Å². The van der Waals surface area contributed by atoms with Gasteiger partial charge in [0, 0.05) is 33.1 Å². The fourth-order valence-electron chi connectivity index (χ4n) is 2.40. The number of hydrogen-bond acceptors (Lipinski definition) is 3. The van der Waals surface area contributed by atoms with Crippen LogP contribution in [0.15, 0.2) is 42.5 Å². The predicted molar refractivity (Wildman–Crippen MR) is 97.7 cm³/mol. The minimum Gasteiger partial charge on any atom is -0.376 e. The third-order valence-corrected chi connectivity index (χ3v) is 3.81. The van der Waals surface area contributed by atoms with Gasteiger partial charge in [-0.2, -0.15) is 13.2 Å². The van der Waals surface area contributed by atoms with Crippen LogP contribution in [0.5, 0.6) is 0 Å². The molecule has 0 aromatic heterocycles. The van der Waals surface area contributed by atoms with Crippen LogP contribution in [0.1, 0.15) is 28.4 Å². The first-order valence-corrected chi connectivity index (χ1v) is 8.11. The highest BCUT2D eigenvalue weighted by Crippen LogP contribution is 2.35. The highest BCUT2D eigenvalue weighted by Gasteiger charge is 2.31. The van der Waals surface area contributed by atoms with Crippen molar-refractivity contribution in [1.29, 1.82) is 0 Å². The van der Waals surface area contributed by atoms with Crippen LogP contribution in [-0.4, -0.2) is 25.9 Å². The minimum absolute atomic E-state index is 0.0714. The number of nitrogens with one attached hydrogen (secondary N) is 2. The van der Waals surface area contributed by atoms with E-state index < -0.39 is 17.6 Å². The number of alkyl halides is 3. The van der Waals surface area contributed by atoms with Crippen LogP contribution in [0.2, 0.25) is 0 Å². The van der Waals surface area contributed by atoms with E-state index in [1.807, 2.05) is 0 Å². The number of halogens is 3. The lowest BCUT2D eigenvalue weighted by Gasteiger charge is -2.20. The third-order valence-electron chi connectivity index (χ3n) is 3.81. The van der Waals surface area contributed by atoms with Gasteiger partial charge in [-0.05, 0) is 35.9 Å². The normalized spacial score (nSPS) is 11.0. The summed E-state index contributed by atoms with van der Waals surface area (Å²) in [6.45, 7) is 1.73. The molecule has 0 spiro atoms. The maximum absolute atomic E-state index is 13.0. The first kappa shape index (κ1) is 20.3. The average Bonchev–Trinajstić information content (AvgIpc) is 2.59. The van der Waals surface area contributed by atoms with E-state index in [1.54, 1.807) is 43.3 Å². The number of carbonyl (C=O) groups excluding carboxylic acids is 2. The van der Waals surface area contributed by atoms with Gasteiger partial charge in [0.15, 0.2) is 0 Å². The number of carbonyl (C=O) groups is 2. The number of nitrogens with zero attached hydrogens (tertiary/aromatic N) is 1. The molecule has 0 unspecified atom stereocenters. The Hall–Kier alpha value is -3.03. The Labute approximate surface area is 155 Å². The number of anilines is 2. The summed E-state index contributed by atoms with van der Waals surface area (Å²) < 4.78 is 38.9. The second-order valence-corrected chi connectivity index (χ2v) is 6.18. The average molecular weight is 379 g/mol. The van der Waals surface area contributed by atoms with Crippen LogP contribution in [0.4, 0.5) is 24.5 Å². The quantitative estimate of drug-likeness (QED) is 0.834. The number of amides is 2. The Morgan fingerprint density at radius 2 is 1.67 bits per heavy atom. The molecule has 2 amide bonds. The van der Waals surface area contributed by atoms with Crippen LogP contribution in [0.3, 0.4) is 0 Å². The Kier molecular flexibility index (Phi) is 6.09. The molecule has 0 radical (unpaired) electrons. The Morgan fingerprint density at radius 3 is 2.19 bits per heavy atom. The second kappa shape index (κ2) is 8.11. The summed E-state index contributed by atoms with van der Waals surface area (Å²) in [7, 11) is 3.35. The van der Waals surface area contributed by atoms with Crippen LogP contribution < -0.4 is 15.5 Å². The lowest BCUT2D eigenvalue weighted by atomic mass is 10.1. The summed E-state index contributed by atoms with van der Waals surface area (Å²) in [5.41, 5.74) is 0.785. The summed E-state index contributed by atoms with van der Waals surface area (Å²) in [6, 6.07) is 9.65. The van der Waals surface area contributed by atoms with Gasteiger partial charge in [-0.15, -0.1) is 0 Å². The molecule has 2 rings (SSSR count). The fraction of sp³-hybridized carbons (Fsp3) is 0.263. The molecule has 0 aliphatic rings. The molecule has 8 heteroatoms. The minimum atomic E-state index is -4.50. The van der Waals surface area contributed by atoms with Gasteiger partial charge in [-0.3, -0.25) is 9.59 Å². The van der Waals surface area contributed by atoms with E-state index in [4.69, 9.17) is 0 Å². The molecule has 0 heterocycles. The number of rotatable bonds is 5. The van der Waals surface area contributed by atoms with Gasteiger partial charge in [0.05, 0.1) is 16.9 Å². The molecule has 0 atom stereocenters. The van der Waals surface area contributed by atoms with Crippen LogP contribution in [0, 0.1) is 0 Å². The molecule has 2 aromatic rings. The monoisotopic (exact) mass is 379 g/mol. The molecular weight excluding hydrogens is 359 g/mol. The smallest absolute Gasteiger partial charge is 0.376 e. The van der Waals surface area contributed by atoms with Crippen molar-refractivity contribution < 1.29 is 22.8 Å². The Bertz CT molecular complexity index is 831. The summed E-state index contributed by atoms with van der Waals surface area (Å²) in [5.74, 6) is -0.693. The summed E-state index contributed by atoms with van der Waals surface area (Å²) in [6.07, 6.45) is -4.50. The van der Waals surface area contributed by atoms with Crippen LogP contribution >= 0.6 is 0 Å². The predicted octanol–water partition coefficient (Wildman–Crippen LogP) is 3.66. The zero-order valence-corrected chi connectivity index (χ0v) is 15.1. The van der Waals surface area contributed by atoms with Crippen molar-refractivity contribution in [3.8, 4) is 0 Å². The molecule has 144 valence electrons. The van der Waals surface area contributed by atoms with Gasteiger partial charge in [-0.25, -0.2) is 0 Å². The summed E-state index contributed by atoms with van der Waals surface area (Å²) >= 11 is 0. The van der Waals surface area contributed by atoms with Crippen molar-refractivity contribution in [1.82, 2.24) is 5.32 Å². The maximum atomic E-state index is 13.0. The zero-order valence-electron chi connectivity index (χ0n) is 15.1. The SMILES string of the molecule is CC(=O)NCc1ccc(C(=O)Nc2cc(C(F)(F)F)ccc2N(C)C)cc1. The molecule has 0 bridgehead atoms. The summed E-state index contributed by atoms with van der Waals surface area (Å²) in [4.78, 5) is 25.0. The molecule has 5 nitrogen and oxygen atoms in total. The van der Waals surface area contributed by atoms with Crippen molar-refractivity contribution in [2.45, 2.75) is 19.6 Å². The molecule has 0 aliphatic carbocycles. The second-order valence-electron chi connectivity index (χ2n) is 6.18. The zero-order chi connectivity index (χ0) is 20.2. The molecule has 27 heavy (non-hydrogen) atoms. The third kappa shape index (κ3) is 5.47. The van der Waals surface area contributed by atoms with E-state index in [2.05, 4.69) is 10.6 Å². The molecule has 2 aromatic carbocycles. The van der Waals surface area contributed by atoms with Crippen molar-refractivity contribution in [3.05, 3.63) is 59.2 Å². The van der Waals surface area contributed by atoms with Gasteiger partial charge in [-0.1, -0.05) is 12.1 Å². The molecule has 0 fully saturated rings. The van der Waals surface area contributed by atoms with E-state index in [0.29, 0.717) is 17.8 Å². The first-order valence-electron chi connectivity index (χ1n) is 8.11. The molecule has 2 N–H and O–H groups in total. The topological polar surface area (TPSA) is 61.4 Å². The molecule has 0 saturated carbocycles. The number of benzene rings is 2. The van der Waals surface area contributed by atoms with E-state index in [1.165, 1.54) is 13.0 Å². The van der Waals surface area contributed by atoms with Crippen molar-refractivity contribution >= 4 is 23.2 Å². The lowest BCUT2D eigenvalue weighted by Crippen LogP contribution is -2.19. The fourth-order valence-corrected chi connectivity index (χ4v) is 2.40. The number of hydrogen-bond donors (Lipinski definition) is 2. The highest BCUT2D eigenvalue weighted by atomic mass is 19.4. The standard InChI is InChI=1S/C19H20F3N3O2/c1-12(26)23-11-13-4-6-14(7-5-13)18(27)24-16-10-15(19(20,21)22)8-9-17(16)25(2)3/h4-10H,11H2,1-3H3,(H,23,26)(H,24,27).